The summed E-state index contributed by atoms with van der Waals surface area (Å²) in [6.07, 6.45) is 2.73. The smallest absolute Gasteiger partial charge is 0.242 e. The first-order chi connectivity index (χ1) is 16.0. The van der Waals surface area contributed by atoms with E-state index in [-0.39, 0.29) is 18.2 Å². The number of benzene rings is 2. The van der Waals surface area contributed by atoms with Crippen LogP contribution in [0.5, 0.6) is 17.2 Å². The van der Waals surface area contributed by atoms with Gasteiger partial charge in [0, 0.05) is 19.5 Å². The minimum atomic E-state index is -0.580. The summed E-state index contributed by atoms with van der Waals surface area (Å²) in [5.41, 5.74) is 0.908. The molecule has 0 heterocycles. The van der Waals surface area contributed by atoms with Crippen molar-refractivity contribution in [2.75, 3.05) is 27.4 Å². The van der Waals surface area contributed by atoms with E-state index < -0.39 is 6.04 Å². The molecule has 1 N–H and O–H groups in total. The number of unbranched alkanes of at least 4 members (excludes halogenated alkanes) is 1. The highest BCUT2D eigenvalue weighted by molar-refractivity contribution is 5.87. The topological polar surface area (TPSA) is 77.1 Å². The average molecular weight is 457 g/mol. The third-order valence-electron chi connectivity index (χ3n) is 5.35. The molecule has 2 amide bonds. The van der Waals surface area contributed by atoms with E-state index in [0.717, 1.165) is 29.9 Å². The summed E-state index contributed by atoms with van der Waals surface area (Å²) in [6.45, 7) is 5.19. The van der Waals surface area contributed by atoms with Crippen LogP contribution in [0.4, 0.5) is 0 Å². The van der Waals surface area contributed by atoms with Gasteiger partial charge >= 0.3 is 0 Å². The summed E-state index contributed by atoms with van der Waals surface area (Å²) < 4.78 is 16.2. The van der Waals surface area contributed by atoms with Crippen molar-refractivity contribution in [2.24, 2.45) is 0 Å². The lowest BCUT2D eigenvalue weighted by atomic mass is 10.1. The van der Waals surface area contributed by atoms with E-state index in [2.05, 4.69) is 12.2 Å². The van der Waals surface area contributed by atoms with E-state index in [1.54, 1.807) is 26.0 Å². The number of amides is 2. The van der Waals surface area contributed by atoms with Crippen molar-refractivity contribution < 1.29 is 23.8 Å². The zero-order valence-corrected chi connectivity index (χ0v) is 20.1. The minimum Gasteiger partial charge on any atom is -0.497 e. The number of hydrogen-bond donors (Lipinski definition) is 1. The summed E-state index contributed by atoms with van der Waals surface area (Å²) >= 11 is 0. The molecular formula is C26H36N2O5. The predicted molar refractivity (Wildman–Crippen MR) is 129 cm³/mol. The molecular weight excluding hydrogens is 420 g/mol. The van der Waals surface area contributed by atoms with Gasteiger partial charge in [-0.2, -0.15) is 0 Å². The predicted octanol–water partition coefficient (Wildman–Crippen LogP) is 4.20. The highest BCUT2D eigenvalue weighted by Crippen LogP contribution is 2.19. The molecule has 0 radical (unpaired) electrons. The standard InChI is InChI=1S/C26H36N2O5/c1-5-6-16-27-26(30)20(2)28(19-21-9-7-10-24(18-21)32-4)25(29)11-8-17-33-23-14-12-22(31-3)13-15-23/h7,9-10,12-15,18,20H,5-6,8,11,16-17,19H2,1-4H3,(H,27,30)/t20-/m1/s1. The molecule has 2 aromatic rings. The number of carbonyl (C=O) groups excluding carboxylic acids is 2. The maximum absolute atomic E-state index is 13.1. The molecule has 1 atom stereocenters. The number of rotatable bonds is 14. The van der Waals surface area contributed by atoms with Gasteiger partial charge in [0.25, 0.3) is 0 Å². The van der Waals surface area contributed by atoms with E-state index in [1.165, 1.54) is 0 Å². The van der Waals surface area contributed by atoms with Gasteiger partial charge in [-0.3, -0.25) is 9.59 Å². The van der Waals surface area contributed by atoms with Crippen molar-refractivity contribution in [1.29, 1.82) is 0 Å². The van der Waals surface area contributed by atoms with Crippen LogP contribution in [0.25, 0.3) is 0 Å². The van der Waals surface area contributed by atoms with Crippen molar-refractivity contribution in [3.63, 3.8) is 0 Å². The van der Waals surface area contributed by atoms with Crippen LogP contribution in [0.3, 0.4) is 0 Å². The maximum atomic E-state index is 13.1. The van der Waals surface area contributed by atoms with Gasteiger partial charge in [0.05, 0.1) is 20.8 Å². The van der Waals surface area contributed by atoms with Crippen LogP contribution in [0.15, 0.2) is 48.5 Å². The lowest BCUT2D eigenvalue weighted by molar-refractivity contribution is -0.140. The van der Waals surface area contributed by atoms with Gasteiger partial charge in [-0.1, -0.05) is 25.5 Å². The van der Waals surface area contributed by atoms with Gasteiger partial charge in [0.2, 0.25) is 11.8 Å². The molecule has 2 aromatic carbocycles. The summed E-state index contributed by atoms with van der Waals surface area (Å²) in [4.78, 5) is 27.4. The monoisotopic (exact) mass is 456 g/mol. The lowest BCUT2D eigenvalue weighted by Gasteiger charge is -2.29. The van der Waals surface area contributed by atoms with E-state index in [0.29, 0.717) is 31.9 Å². The molecule has 0 aliphatic carbocycles. The second kappa shape index (κ2) is 14.0. The molecule has 0 aliphatic rings. The Morgan fingerprint density at radius 2 is 1.67 bits per heavy atom. The Morgan fingerprint density at radius 1 is 0.970 bits per heavy atom. The fraction of sp³-hybridized carbons (Fsp3) is 0.462. The number of methoxy groups -OCH3 is 2. The Kier molecular flexibility index (Phi) is 11.1. The maximum Gasteiger partial charge on any atom is 0.242 e. The van der Waals surface area contributed by atoms with Crippen LogP contribution in [0.1, 0.15) is 45.1 Å². The first-order valence-electron chi connectivity index (χ1n) is 11.5. The molecule has 0 aliphatic heterocycles. The van der Waals surface area contributed by atoms with Gasteiger partial charge in [0.15, 0.2) is 0 Å². The van der Waals surface area contributed by atoms with Crippen molar-refractivity contribution in [3.05, 3.63) is 54.1 Å². The SMILES string of the molecule is CCCCNC(=O)[C@@H](C)N(Cc1cccc(OC)c1)C(=O)CCCOc1ccc(OC)cc1. The molecule has 0 saturated carbocycles. The molecule has 0 bridgehead atoms. The van der Waals surface area contributed by atoms with E-state index in [1.807, 2.05) is 48.5 Å². The third-order valence-corrected chi connectivity index (χ3v) is 5.35. The van der Waals surface area contributed by atoms with Crippen molar-refractivity contribution in [2.45, 2.75) is 52.1 Å². The number of ether oxygens (including phenoxy) is 3. The number of hydrogen-bond acceptors (Lipinski definition) is 5. The zero-order valence-electron chi connectivity index (χ0n) is 20.1. The van der Waals surface area contributed by atoms with E-state index >= 15 is 0 Å². The summed E-state index contributed by atoms with van der Waals surface area (Å²) in [5.74, 6) is 1.97. The fourth-order valence-corrected chi connectivity index (χ4v) is 3.32. The molecule has 0 aromatic heterocycles. The van der Waals surface area contributed by atoms with Gasteiger partial charge in [0.1, 0.15) is 23.3 Å². The molecule has 33 heavy (non-hydrogen) atoms. The van der Waals surface area contributed by atoms with Gasteiger partial charge in [-0.15, -0.1) is 0 Å². The Bertz CT molecular complexity index is 869. The van der Waals surface area contributed by atoms with Crippen LogP contribution in [-0.2, 0) is 16.1 Å². The van der Waals surface area contributed by atoms with E-state index in [4.69, 9.17) is 14.2 Å². The second-order valence-corrected chi connectivity index (χ2v) is 7.82. The summed E-state index contributed by atoms with van der Waals surface area (Å²) in [5, 5.41) is 2.93. The Hall–Kier alpha value is -3.22. The Balaban J connectivity index is 1.98. The largest absolute Gasteiger partial charge is 0.497 e. The first-order valence-corrected chi connectivity index (χ1v) is 11.5. The normalized spacial score (nSPS) is 11.4. The Morgan fingerprint density at radius 3 is 2.33 bits per heavy atom. The quantitative estimate of drug-likeness (QED) is 0.431. The van der Waals surface area contributed by atoms with Crippen LogP contribution >= 0.6 is 0 Å². The first kappa shape index (κ1) is 26.0. The van der Waals surface area contributed by atoms with Crippen LogP contribution in [0, 0.1) is 0 Å². The molecule has 2 rings (SSSR count). The van der Waals surface area contributed by atoms with Gasteiger partial charge in [-0.25, -0.2) is 0 Å². The van der Waals surface area contributed by atoms with Gasteiger partial charge < -0.3 is 24.4 Å². The Labute approximate surface area is 197 Å². The minimum absolute atomic E-state index is 0.0886. The number of nitrogens with zero attached hydrogens (tertiary/aromatic N) is 1. The van der Waals surface area contributed by atoms with Crippen LogP contribution in [0.2, 0.25) is 0 Å². The molecule has 180 valence electrons. The lowest BCUT2D eigenvalue weighted by Crippen LogP contribution is -2.47. The highest BCUT2D eigenvalue weighted by Gasteiger charge is 2.25. The van der Waals surface area contributed by atoms with E-state index in [9.17, 15) is 9.59 Å². The molecule has 0 saturated heterocycles. The molecule has 0 fully saturated rings. The number of carbonyl (C=O) groups is 2. The van der Waals surface area contributed by atoms with Crippen molar-refractivity contribution in [1.82, 2.24) is 10.2 Å². The molecule has 0 spiro atoms. The summed E-state index contributed by atoms with van der Waals surface area (Å²) in [7, 11) is 3.22. The average Bonchev–Trinajstić information content (AvgIpc) is 2.85. The highest BCUT2D eigenvalue weighted by atomic mass is 16.5. The van der Waals surface area contributed by atoms with Crippen LogP contribution in [-0.4, -0.2) is 50.1 Å². The van der Waals surface area contributed by atoms with Crippen molar-refractivity contribution in [3.8, 4) is 17.2 Å². The van der Waals surface area contributed by atoms with Gasteiger partial charge in [-0.05, 0) is 61.7 Å². The third kappa shape index (κ3) is 8.67. The summed E-state index contributed by atoms with van der Waals surface area (Å²) in [6, 6.07) is 14.3. The molecule has 7 heteroatoms. The zero-order chi connectivity index (χ0) is 24.1. The van der Waals surface area contributed by atoms with Crippen molar-refractivity contribution >= 4 is 11.8 Å². The second-order valence-electron chi connectivity index (χ2n) is 7.82. The van der Waals surface area contributed by atoms with Crippen LogP contribution < -0.4 is 19.5 Å². The fourth-order valence-electron chi connectivity index (χ4n) is 3.32. The molecule has 7 nitrogen and oxygen atoms in total. The molecule has 0 unspecified atom stereocenters. The number of nitrogens with one attached hydrogen (secondary N) is 1.